The Balaban J connectivity index is 2.36. The number of nitrogens with two attached hydrogens (primary N) is 2. The molecular formula is C13H18N4OS. The number of hydrogen-bond donors (Lipinski definition) is 2. The molecule has 1 amide bonds. The SMILES string of the molecule is N#Cc1sc(N2CCCCCCC2)c(C(N)=O)c1N. The van der Waals surface area contributed by atoms with Crippen LogP contribution in [-0.4, -0.2) is 19.0 Å². The zero-order valence-electron chi connectivity index (χ0n) is 10.8. The lowest BCUT2D eigenvalue weighted by molar-refractivity contribution is 0.100. The second kappa shape index (κ2) is 5.93. The molecule has 1 aromatic rings. The van der Waals surface area contributed by atoms with Crippen molar-refractivity contribution in [3.63, 3.8) is 0 Å². The van der Waals surface area contributed by atoms with Gasteiger partial charge < -0.3 is 16.4 Å². The number of nitrogens with zero attached hydrogens (tertiary/aromatic N) is 2. The van der Waals surface area contributed by atoms with Gasteiger partial charge in [0.1, 0.15) is 15.9 Å². The maximum absolute atomic E-state index is 11.6. The van der Waals surface area contributed by atoms with Gasteiger partial charge in [0.05, 0.1) is 11.3 Å². The smallest absolute Gasteiger partial charge is 0.253 e. The molecule has 102 valence electrons. The van der Waals surface area contributed by atoms with E-state index in [9.17, 15) is 4.79 Å². The van der Waals surface area contributed by atoms with Gasteiger partial charge in [-0.15, -0.1) is 11.3 Å². The molecule has 1 aliphatic heterocycles. The van der Waals surface area contributed by atoms with E-state index in [1.54, 1.807) is 0 Å². The zero-order chi connectivity index (χ0) is 13.8. The minimum absolute atomic E-state index is 0.233. The maximum atomic E-state index is 11.6. The van der Waals surface area contributed by atoms with Crippen molar-refractivity contribution in [3.05, 3.63) is 10.4 Å². The number of rotatable bonds is 2. The van der Waals surface area contributed by atoms with Crippen LogP contribution < -0.4 is 16.4 Å². The molecule has 1 fully saturated rings. The van der Waals surface area contributed by atoms with Crippen LogP contribution >= 0.6 is 11.3 Å². The fourth-order valence-electron chi connectivity index (χ4n) is 2.43. The third-order valence-corrected chi connectivity index (χ3v) is 4.59. The third kappa shape index (κ3) is 2.82. The molecule has 0 bridgehead atoms. The van der Waals surface area contributed by atoms with Crippen LogP contribution in [-0.2, 0) is 0 Å². The molecule has 0 aromatic carbocycles. The summed E-state index contributed by atoms with van der Waals surface area (Å²) < 4.78 is 0. The molecule has 0 aliphatic carbocycles. The first-order chi connectivity index (χ1) is 9.15. The first-order valence-corrected chi connectivity index (χ1v) is 7.34. The number of carbonyl (C=O) groups is 1. The van der Waals surface area contributed by atoms with Crippen molar-refractivity contribution in [1.82, 2.24) is 0 Å². The average Bonchev–Trinajstić information content (AvgIpc) is 2.65. The number of carbonyl (C=O) groups excluding carboxylic acids is 1. The van der Waals surface area contributed by atoms with Crippen molar-refractivity contribution >= 4 is 27.9 Å². The van der Waals surface area contributed by atoms with Crippen LogP contribution in [0.15, 0.2) is 0 Å². The summed E-state index contributed by atoms with van der Waals surface area (Å²) in [6.07, 6.45) is 5.87. The highest BCUT2D eigenvalue weighted by Gasteiger charge is 2.24. The Labute approximate surface area is 116 Å². The van der Waals surface area contributed by atoms with Crippen LogP contribution in [0.25, 0.3) is 0 Å². The highest BCUT2D eigenvalue weighted by atomic mass is 32.1. The first kappa shape index (κ1) is 13.7. The summed E-state index contributed by atoms with van der Waals surface area (Å²) in [5.74, 6) is -0.549. The van der Waals surface area contributed by atoms with E-state index in [0.717, 1.165) is 30.9 Å². The summed E-state index contributed by atoms with van der Waals surface area (Å²) in [6, 6.07) is 2.04. The number of amides is 1. The number of nitrogen functional groups attached to an aromatic ring is 1. The third-order valence-electron chi connectivity index (χ3n) is 3.42. The summed E-state index contributed by atoms with van der Waals surface area (Å²) in [5.41, 5.74) is 11.8. The topological polar surface area (TPSA) is 96.1 Å². The van der Waals surface area contributed by atoms with E-state index in [1.165, 1.54) is 30.6 Å². The van der Waals surface area contributed by atoms with E-state index < -0.39 is 5.91 Å². The van der Waals surface area contributed by atoms with Crippen LogP contribution in [0.3, 0.4) is 0 Å². The molecule has 2 rings (SSSR count). The summed E-state index contributed by atoms with van der Waals surface area (Å²) >= 11 is 1.28. The van der Waals surface area contributed by atoms with Crippen molar-refractivity contribution in [2.24, 2.45) is 5.73 Å². The van der Waals surface area contributed by atoms with E-state index >= 15 is 0 Å². The van der Waals surface area contributed by atoms with Gasteiger partial charge in [-0.2, -0.15) is 5.26 Å². The lowest BCUT2D eigenvalue weighted by Crippen LogP contribution is -2.28. The lowest BCUT2D eigenvalue weighted by atomic mass is 10.1. The molecule has 2 heterocycles. The Bertz CT molecular complexity index is 509. The highest BCUT2D eigenvalue weighted by Crippen LogP contribution is 2.38. The minimum Gasteiger partial charge on any atom is -0.396 e. The van der Waals surface area contributed by atoms with Gasteiger partial charge in [0.2, 0.25) is 0 Å². The Morgan fingerprint density at radius 3 is 2.32 bits per heavy atom. The summed E-state index contributed by atoms with van der Waals surface area (Å²) in [5, 5.41) is 9.81. The monoisotopic (exact) mass is 278 g/mol. The summed E-state index contributed by atoms with van der Waals surface area (Å²) in [4.78, 5) is 14.1. The van der Waals surface area contributed by atoms with Crippen LogP contribution in [0, 0.1) is 11.3 Å². The quantitative estimate of drug-likeness (QED) is 0.865. The molecule has 1 aromatic heterocycles. The van der Waals surface area contributed by atoms with Crippen molar-refractivity contribution in [1.29, 1.82) is 5.26 Å². The number of thiophene rings is 1. The van der Waals surface area contributed by atoms with E-state index in [2.05, 4.69) is 4.90 Å². The summed E-state index contributed by atoms with van der Waals surface area (Å²) in [6.45, 7) is 1.79. The van der Waals surface area contributed by atoms with Gasteiger partial charge in [-0.1, -0.05) is 19.3 Å². The maximum Gasteiger partial charge on any atom is 0.253 e. The molecule has 0 saturated carbocycles. The molecule has 0 atom stereocenters. The zero-order valence-corrected chi connectivity index (χ0v) is 11.6. The minimum atomic E-state index is -0.549. The molecule has 19 heavy (non-hydrogen) atoms. The standard InChI is InChI=1S/C13H18N4OS/c14-8-9-11(15)10(12(16)18)13(19-9)17-6-4-2-1-3-5-7-17/h1-7,15H2,(H2,16,18). The second-order valence-corrected chi connectivity index (χ2v) is 5.75. The number of hydrogen-bond acceptors (Lipinski definition) is 5. The van der Waals surface area contributed by atoms with Crippen molar-refractivity contribution in [2.75, 3.05) is 23.7 Å². The fourth-order valence-corrected chi connectivity index (χ4v) is 3.50. The molecule has 0 radical (unpaired) electrons. The van der Waals surface area contributed by atoms with E-state index in [0.29, 0.717) is 10.4 Å². The van der Waals surface area contributed by atoms with Crippen LogP contribution in [0.2, 0.25) is 0 Å². The predicted molar refractivity (Wildman–Crippen MR) is 77.3 cm³/mol. The molecule has 1 saturated heterocycles. The molecular weight excluding hydrogens is 260 g/mol. The molecule has 4 N–H and O–H groups in total. The van der Waals surface area contributed by atoms with Gasteiger partial charge in [0, 0.05) is 13.1 Å². The Hall–Kier alpha value is -1.74. The van der Waals surface area contributed by atoms with Gasteiger partial charge in [-0.05, 0) is 12.8 Å². The number of primary amides is 1. The van der Waals surface area contributed by atoms with Crippen molar-refractivity contribution in [2.45, 2.75) is 32.1 Å². The van der Waals surface area contributed by atoms with E-state index in [4.69, 9.17) is 16.7 Å². The van der Waals surface area contributed by atoms with E-state index in [1.807, 2.05) is 6.07 Å². The van der Waals surface area contributed by atoms with Crippen LogP contribution in [0.4, 0.5) is 10.7 Å². The molecule has 1 aliphatic rings. The second-order valence-electron chi connectivity index (χ2n) is 4.76. The average molecular weight is 278 g/mol. The van der Waals surface area contributed by atoms with E-state index in [-0.39, 0.29) is 5.69 Å². The van der Waals surface area contributed by atoms with Gasteiger partial charge in [0.25, 0.3) is 5.91 Å². The number of nitriles is 1. The summed E-state index contributed by atoms with van der Waals surface area (Å²) in [7, 11) is 0. The Morgan fingerprint density at radius 2 is 1.79 bits per heavy atom. The van der Waals surface area contributed by atoms with Gasteiger partial charge in [0.15, 0.2) is 0 Å². The lowest BCUT2D eigenvalue weighted by Gasteiger charge is -2.26. The number of anilines is 2. The fraction of sp³-hybridized carbons (Fsp3) is 0.538. The Kier molecular flexibility index (Phi) is 4.27. The van der Waals surface area contributed by atoms with Crippen molar-refractivity contribution < 1.29 is 4.79 Å². The van der Waals surface area contributed by atoms with Gasteiger partial charge in [-0.25, -0.2) is 0 Å². The molecule has 5 nitrogen and oxygen atoms in total. The van der Waals surface area contributed by atoms with Crippen LogP contribution in [0.5, 0.6) is 0 Å². The largest absolute Gasteiger partial charge is 0.396 e. The molecule has 6 heteroatoms. The predicted octanol–water partition coefficient (Wildman–Crippen LogP) is 2.07. The first-order valence-electron chi connectivity index (χ1n) is 6.52. The normalized spacial score (nSPS) is 16.5. The molecule has 0 unspecified atom stereocenters. The van der Waals surface area contributed by atoms with Crippen LogP contribution in [0.1, 0.15) is 47.3 Å². The van der Waals surface area contributed by atoms with Gasteiger partial charge in [-0.3, -0.25) is 4.79 Å². The highest BCUT2D eigenvalue weighted by molar-refractivity contribution is 7.17. The Morgan fingerprint density at radius 1 is 1.21 bits per heavy atom. The van der Waals surface area contributed by atoms with Crippen molar-refractivity contribution in [3.8, 4) is 6.07 Å². The van der Waals surface area contributed by atoms with Gasteiger partial charge >= 0.3 is 0 Å². The molecule has 0 spiro atoms.